The number of rotatable bonds is 2. The van der Waals surface area contributed by atoms with Gasteiger partial charge >= 0.3 is 0 Å². The Kier molecular flexibility index (Phi) is 6.68. The first kappa shape index (κ1) is 24.6. The number of aliphatic imine (C=N–C) groups is 1. The van der Waals surface area contributed by atoms with Gasteiger partial charge < -0.3 is 11.1 Å². The molecule has 1 atom stereocenters. The molecule has 0 saturated carbocycles. The van der Waals surface area contributed by atoms with E-state index in [2.05, 4.69) is 59.7 Å². The standard InChI is InChI=1S/C26H23NO.C9H8N2/c1-16-6-12-24(26(28)18-7-10-19(27)11-8-18)23-15-14-21-20-5-3-2-4-17(20)9-13-22(21)25(16)23;1-2-4-9-8(3-1)7-10-5-6-11-9/h2-5,7-11,14-16H,6,12-13,27H2,1H3;1-7,11H. The molecule has 1 aliphatic heterocycles. The molecule has 1 heterocycles. The van der Waals surface area contributed by atoms with Gasteiger partial charge in [0.2, 0.25) is 0 Å². The number of benzene rings is 4. The molecule has 192 valence electrons. The van der Waals surface area contributed by atoms with Crippen LogP contribution in [0.3, 0.4) is 0 Å². The molecule has 0 amide bonds. The van der Waals surface area contributed by atoms with Crippen molar-refractivity contribution in [2.75, 3.05) is 11.1 Å². The fraction of sp³-hybridized carbons (Fsp3) is 0.143. The summed E-state index contributed by atoms with van der Waals surface area (Å²) in [6.07, 6.45) is 10.5. The van der Waals surface area contributed by atoms with Crippen LogP contribution in [0.4, 0.5) is 11.4 Å². The van der Waals surface area contributed by atoms with Crippen LogP contribution in [0.5, 0.6) is 0 Å². The summed E-state index contributed by atoms with van der Waals surface area (Å²) in [5.41, 5.74) is 13.1. The highest BCUT2D eigenvalue weighted by Gasteiger charge is 2.24. The largest absolute Gasteiger partial charge is 0.399 e. The smallest absolute Gasteiger partial charge is 0.189 e. The van der Waals surface area contributed by atoms with Gasteiger partial charge in [0, 0.05) is 46.7 Å². The SMILES string of the molecule is C1=CNc2ccccc2C=N1.CC1CCC(C(=O)c2ccc(N)cc2)=c2ccc3c(c21)CC=c1ccccc1=3. The van der Waals surface area contributed by atoms with Gasteiger partial charge in [-0.2, -0.15) is 0 Å². The Morgan fingerprint density at radius 2 is 1.67 bits per heavy atom. The lowest BCUT2D eigenvalue weighted by molar-refractivity contribution is 0.105. The summed E-state index contributed by atoms with van der Waals surface area (Å²) in [5, 5.41) is 8.20. The molecule has 4 aromatic rings. The van der Waals surface area contributed by atoms with Crippen molar-refractivity contribution in [2.45, 2.75) is 32.1 Å². The Bertz CT molecular complexity index is 1850. The second-order valence-electron chi connectivity index (χ2n) is 10.2. The lowest BCUT2D eigenvalue weighted by atomic mass is 9.78. The molecule has 0 aromatic heterocycles. The van der Waals surface area contributed by atoms with Gasteiger partial charge in [-0.25, -0.2) is 0 Å². The maximum atomic E-state index is 13.3. The van der Waals surface area contributed by atoms with Gasteiger partial charge in [0.15, 0.2) is 5.78 Å². The van der Waals surface area contributed by atoms with Crippen molar-refractivity contribution >= 4 is 35.0 Å². The zero-order valence-electron chi connectivity index (χ0n) is 22.0. The lowest BCUT2D eigenvalue weighted by Gasteiger charge is -2.25. The van der Waals surface area contributed by atoms with E-state index in [1.165, 1.54) is 26.8 Å². The number of carbonyl (C=O) groups excluding carboxylic acids is 1. The van der Waals surface area contributed by atoms with E-state index in [1.54, 1.807) is 18.3 Å². The fourth-order valence-corrected chi connectivity index (χ4v) is 5.81. The van der Waals surface area contributed by atoms with E-state index in [1.807, 2.05) is 48.8 Å². The summed E-state index contributed by atoms with van der Waals surface area (Å²) in [5.74, 6) is 0.597. The van der Waals surface area contributed by atoms with Crippen LogP contribution < -0.4 is 21.5 Å². The number of carbonyl (C=O) groups is 1. The third-order valence-corrected chi connectivity index (χ3v) is 7.80. The number of nitrogens with one attached hydrogen (secondary N) is 1. The van der Waals surface area contributed by atoms with Gasteiger partial charge in [-0.15, -0.1) is 0 Å². The van der Waals surface area contributed by atoms with E-state index in [-0.39, 0.29) is 5.78 Å². The summed E-state index contributed by atoms with van der Waals surface area (Å²) in [4.78, 5) is 17.3. The molecule has 4 nitrogen and oxygen atoms in total. The van der Waals surface area contributed by atoms with E-state index >= 15 is 0 Å². The molecular formula is C35H31N3O. The Hall–Kier alpha value is -4.70. The first-order valence-electron chi connectivity index (χ1n) is 13.5. The highest BCUT2D eigenvalue weighted by molar-refractivity contribution is 6.24. The fourth-order valence-electron chi connectivity index (χ4n) is 5.81. The second-order valence-corrected chi connectivity index (χ2v) is 10.2. The van der Waals surface area contributed by atoms with Crippen molar-refractivity contribution in [2.24, 2.45) is 4.99 Å². The highest BCUT2D eigenvalue weighted by atomic mass is 16.1. The number of Topliss-reactive ketones (excluding diaryl/α,β-unsaturated/α-hetero) is 1. The molecular weight excluding hydrogens is 478 g/mol. The number of para-hydroxylation sites is 1. The van der Waals surface area contributed by atoms with Gasteiger partial charge in [-0.05, 0) is 87.5 Å². The van der Waals surface area contributed by atoms with Crippen molar-refractivity contribution in [3.8, 4) is 0 Å². The number of nitrogens with zero attached hydrogens (tertiary/aromatic N) is 1. The minimum atomic E-state index is 0.133. The highest BCUT2D eigenvalue weighted by Crippen LogP contribution is 2.31. The van der Waals surface area contributed by atoms with Gasteiger partial charge in [0.1, 0.15) is 0 Å². The summed E-state index contributed by atoms with van der Waals surface area (Å²) in [7, 11) is 0. The molecule has 2 aliphatic carbocycles. The van der Waals surface area contributed by atoms with Gasteiger partial charge in [-0.1, -0.05) is 67.6 Å². The van der Waals surface area contributed by atoms with Crippen LogP contribution in [0.2, 0.25) is 0 Å². The molecule has 39 heavy (non-hydrogen) atoms. The number of nitrogen functional groups attached to an aromatic ring is 1. The van der Waals surface area contributed by atoms with Gasteiger partial charge in [0.05, 0.1) is 0 Å². The van der Waals surface area contributed by atoms with E-state index in [0.717, 1.165) is 46.9 Å². The van der Waals surface area contributed by atoms with Gasteiger partial charge in [-0.3, -0.25) is 9.79 Å². The molecule has 0 fully saturated rings. The molecule has 3 aliphatic rings. The van der Waals surface area contributed by atoms with Crippen molar-refractivity contribution in [3.05, 3.63) is 140 Å². The topological polar surface area (TPSA) is 67.5 Å². The number of hydrogen-bond acceptors (Lipinski definition) is 4. The van der Waals surface area contributed by atoms with Crippen LogP contribution in [0.25, 0.3) is 11.6 Å². The number of hydrogen-bond donors (Lipinski definition) is 2. The van der Waals surface area contributed by atoms with Crippen molar-refractivity contribution in [1.82, 2.24) is 0 Å². The molecule has 0 radical (unpaired) electrons. The third kappa shape index (κ3) is 4.82. The number of fused-ring (bicyclic) bond motifs is 5. The van der Waals surface area contributed by atoms with Crippen LogP contribution in [-0.4, -0.2) is 12.0 Å². The zero-order valence-corrected chi connectivity index (χ0v) is 22.0. The minimum Gasteiger partial charge on any atom is -0.399 e. The first-order chi connectivity index (χ1) is 19.1. The quantitative estimate of drug-likeness (QED) is 0.264. The summed E-state index contributed by atoms with van der Waals surface area (Å²) >= 11 is 0. The van der Waals surface area contributed by atoms with Crippen LogP contribution in [0, 0.1) is 10.4 Å². The molecule has 3 N–H and O–H groups in total. The Morgan fingerprint density at radius 3 is 2.54 bits per heavy atom. The Morgan fingerprint density at radius 1 is 0.897 bits per heavy atom. The maximum Gasteiger partial charge on any atom is 0.189 e. The number of ketones is 1. The molecule has 4 aromatic carbocycles. The third-order valence-electron chi connectivity index (χ3n) is 7.80. The molecule has 7 rings (SSSR count). The van der Waals surface area contributed by atoms with E-state index in [0.29, 0.717) is 11.6 Å². The van der Waals surface area contributed by atoms with Crippen LogP contribution in [0.15, 0.2) is 102 Å². The van der Waals surface area contributed by atoms with Crippen molar-refractivity contribution in [3.63, 3.8) is 0 Å². The van der Waals surface area contributed by atoms with Crippen molar-refractivity contribution < 1.29 is 4.79 Å². The molecule has 4 heteroatoms. The summed E-state index contributed by atoms with van der Waals surface area (Å²) in [6, 6.07) is 28.3. The zero-order chi connectivity index (χ0) is 26.8. The second kappa shape index (κ2) is 10.6. The van der Waals surface area contributed by atoms with Crippen LogP contribution >= 0.6 is 0 Å². The van der Waals surface area contributed by atoms with E-state index < -0.39 is 0 Å². The molecule has 0 saturated heterocycles. The summed E-state index contributed by atoms with van der Waals surface area (Å²) < 4.78 is 0. The van der Waals surface area contributed by atoms with Crippen LogP contribution in [-0.2, 0) is 6.42 Å². The average molecular weight is 510 g/mol. The summed E-state index contributed by atoms with van der Waals surface area (Å²) in [6.45, 7) is 2.30. The molecule has 0 bridgehead atoms. The van der Waals surface area contributed by atoms with Crippen molar-refractivity contribution in [1.29, 1.82) is 0 Å². The average Bonchev–Trinajstić information content (AvgIpc) is 3.23. The predicted molar refractivity (Wildman–Crippen MR) is 161 cm³/mol. The Labute approximate surface area is 228 Å². The number of anilines is 2. The monoisotopic (exact) mass is 509 g/mol. The minimum absolute atomic E-state index is 0.133. The first-order valence-corrected chi connectivity index (χ1v) is 13.5. The van der Waals surface area contributed by atoms with Crippen LogP contribution in [0.1, 0.15) is 52.7 Å². The normalized spacial score (nSPS) is 16.1. The predicted octanol–water partition coefficient (Wildman–Crippen LogP) is 5.83. The van der Waals surface area contributed by atoms with Gasteiger partial charge in [0.25, 0.3) is 0 Å². The van der Waals surface area contributed by atoms with E-state index in [9.17, 15) is 4.79 Å². The number of nitrogens with two attached hydrogens (primary N) is 1. The maximum absolute atomic E-state index is 13.3. The van der Waals surface area contributed by atoms with E-state index in [4.69, 9.17) is 5.73 Å². The molecule has 1 unspecified atom stereocenters. The lowest BCUT2D eigenvalue weighted by Crippen LogP contribution is -2.27. The molecule has 0 spiro atoms. The Balaban J connectivity index is 0.000000210.